The average molecular weight is 309 g/mol. The molecule has 6 heteroatoms. The van der Waals surface area contributed by atoms with Gasteiger partial charge in [0.2, 0.25) is 0 Å². The van der Waals surface area contributed by atoms with Gasteiger partial charge in [0.1, 0.15) is 22.5 Å². The van der Waals surface area contributed by atoms with E-state index >= 15 is 0 Å². The molecule has 0 aliphatic carbocycles. The van der Waals surface area contributed by atoms with Crippen LogP contribution in [0, 0.1) is 0 Å². The highest BCUT2D eigenvalue weighted by Gasteiger charge is 2.11. The van der Waals surface area contributed by atoms with Gasteiger partial charge in [-0.1, -0.05) is 23.2 Å². The molecule has 0 amide bonds. The third-order valence-corrected chi connectivity index (χ3v) is 3.55. The van der Waals surface area contributed by atoms with E-state index in [9.17, 15) is 0 Å². The van der Waals surface area contributed by atoms with Crippen molar-refractivity contribution in [2.75, 3.05) is 14.2 Å². The molecule has 0 atom stereocenters. The first kappa shape index (κ1) is 13.2. The Kier molecular flexibility index (Phi) is 3.28. The molecule has 3 rings (SSSR count). The molecule has 0 spiro atoms. The summed E-state index contributed by atoms with van der Waals surface area (Å²) in [6, 6.07) is 6.95. The number of rotatable bonds is 2. The predicted molar refractivity (Wildman–Crippen MR) is 80.2 cm³/mol. The van der Waals surface area contributed by atoms with Crippen LogP contribution in [0.4, 0.5) is 0 Å². The Morgan fingerprint density at radius 1 is 0.750 bits per heavy atom. The van der Waals surface area contributed by atoms with Crippen molar-refractivity contribution < 1.29 is 9.47 Å². The Morgan fingerprint density at radius 3 is 1.50 bits per heavy atom. The lowest BCUT2D eigenvalue weighted by molar-refractivity contribution is 0.415. The van der Waals surface area contributed by atoms with Crippen molar-refractivity contribution in [3.05, 3.63) is 34.3 Å². The Morgan fingerprint density at radius 2 is 1.15 bits per heavy atom. The van der Waals surface area contributed by atoms with Gasteiger partial charge in [0, 0.05) is 24.3 Å². The molecule has 0 aliphatic heterocycles. The number of halogens is 2. The summed E-state index contributed by atoms with van der Waals surface area (Å²) in [5.74, 6) is 1.25. The largest absolute Gasteiger partial charge is 0.497 e. The summed E-state index contributed by atoms with van der Waals surface area (Å²) in [7, 11) is 3.15. The molecule has 102 valence electrons. The van der Waals surface area contributed by atoms with Crippen LogP contribution in [-0.2, 0) is 0 Å². The van der Waals surface area contributed by atoms with Crippen molar-refractivity contribution in [3.8, 4) is 11.5 Å². The van der Waals surface area contributed by atoms with E-state index in [1.54, 1.807) is 38.5 Å². The SMILES string of the molecule is COc1cc(Cl)c2nc3cc(OC)cc(Cl)c3nc2c1. The third-order valence-electron chi connectivity index (χ3n) is 2.97. The van der Waals surface area contributed by atoms with Gasteiger partial charge in [0.05, 0.1) is 35.3 Å². The molecule has 0 radical (unpaired) electrons. The monoisotopic (exact) mass is 308 g/mol. The Labute approximate surface area is 125 Å². The highest BCUT2D eigenvalue weighted by atomic mass is 35.5. The van der Waals surface area contributed by atoms with Gasteiger partial charge < -0.3 is 9.47 Å². The van der Waals surface area contributed by atoms with Crippen molar-refractivity contribution in [1.29, 1.82) is 0 Å². The molecule has 4 nitrogen and oxygen atoms in total. The van der Waals surface area contributed by atoms with Crippen LogP contribution in [0.3, 0.4) is 0 Å². The molecule has 1 aromatic heterocycles. The van der Waals surface area contributed by atoms with Gasteiger partial charge in [0.25, 0.3) is 0 Å². The highest BCUT2D eigenvalue weighted by Crippen LogP contribution is 2.32. The minimum Gasteiger partial charge on any atom is -0.497 e. The maximum atomic E-state index is 6.21. The molecule has 0 unspecified atom stereocenters. The number of nitrogens with zero attached hydrogens (tertiary/aromatic N) is 2. The maximum absolute atomic E-state index is 6.21. The van der Waals surface area contributed by atoms with E-state index < -0.39 is 0 Å². The molecular formula is C14H10Cl2N2O2. The molecule has 0 saturated heterocycles. The number of ether oxygens (including phenoxy) is 2. The number of fused-ring (bicyclic) bond motifs is 2. The lowest BCUT2D eigenvalue weighted by Gasteiger charge is -2.08. The Hall–Kier alpha value is -1.78. The first-order chi connectivity index (χ1) is 9.62. The van der Waals surface area contributed by atoms with Crippen LogP contribution >= 0.6 is 23.2 Å². The van der Waals surface area contributed by atoms with Crippen LogP contribution in [-0.4, -0.2) is 24.2 Å². The summed E-state index contributed by atoms with van der Waals surface area (Å²) in [6.45, 7) is 0. The lowest BCUT2D eigenvalue weighted by Crippen LogP contribution is -1.92. The second kappa shape index (κ2) is 4.96. The zero-order valence-corrected chi connectivity index (χ0v) is 12.3. The van der Waals surface area contributed by atoms with E-state index in [1.807, 2.05) is 0 Å². The normalized spacial score (nSPS) is 11.0. The van der Waals surface area contributed by atoms with E-state index in [1.165, 1.54) is 0 Å². The molecule has 0 fully saturated rings. The number of aromatic nitrogens is 2. The van der Waals surface area contributed by atoms with E-state index in [0.717, 1.165) is 0 Å². The number of hydrogen-bond donors (Lipinski definition) is 0. The zero-order valence-electron chi connectivity index (χ0n) is 10.8. The topological polar surface area (TPSA) is 44.2 Å². The molecule has 0 N–H and O–H groups in total. The summed E-state index contributed by atoms with van der Waals surface area (Å²) in [4.78, 5) is 9.02. The molecule has 20 heavy (non-hydrogen) atoms. The lowest BCUT2D eigenvalue weighted by atomic mass is 10.2. The van der Waals surface area contributed by atoms with Gasteiger partial charge in [0.15, 0.2) is 0 Å². The summed E-state index contributed by atoms with van der Waals surface area (Å²) in [5, 5.41) is 0.959. The molecule has 0 saturated carbocycles. The van der Waals surface area contributed by atoms with Gasteiger partial charge >= 0.3 is 0 Å². The second-order valence-electron chi connectivity index (χ2n) is 4.18. The molecule has 3 aromatic rings. The molecule has 2 aromatic carbocycles. The van der Waals surface area contributed by atoms with Crippen molar-refractivity contribution in [3.63, 3.8) is 0 Å². The summed E-state index contributed by atoms with van der Waals surface area (Å²) in [5.41, 5.74) is 2.47. The zero-order chi connectivity index (χ0) is 14.3. The minimum absolute atomic E-state index is 0.479. The van der Waals surface area contributed by atoms with Gasteiger partial charge in [-0.15, -0.1) is 0 Å². The molecule has 0 bridgehead atoms. The fourth-order valence-corrected chi connectivity index (χ4v) is 2.48. The maximum Gasteiger partial charge on any atom is 0.122 e. The minimum atomic E-state index is 0.479. The van der Waals surface area contributed by atoms with E-state index in [2.05, 4.69) is 9.97 Å². The first-order valence-corrected chi connectivity index (χ1v) is 6.56. The smallest absolute Gasteiger partial charge is 0.122 e. The summed E-state index contributed by atoms with van der Waals surface area (Å²) < 4.78 is 10.4. The van der Waals surface area contributed by atoms with Crippen molar-refractivity contribution >= 4 is 45.3 Å². The van der Waals surface area contributed by atoms with Gasteiger partial charge in [-0.2, -0.15) is 0 Å². The van der Waals surface area contributed by atoms with Crippen LogP contribution in [0.2, 0.25) is 10.0 Å². The number of hydrogen-bond acceptors (Lipinski definition) is 4. The number of methoxy groups -OCH3 is 2. The predicted octanol–water partition coefficient (Wildman–Crippen LogP) is 4.11. The van der Waals surface area contributed by atoms with Crippen LogP contribution in [0.15, 0.2) is 24.3 Å². The molecular weight excluding hydrogens is 299 g/mol. The second-order valence-corrected chi connectivity index (χ2v) is 4.99. The Balaban J connectivity index is 2.40. The number of benzene rings is 2. The fourth-order valence-electron chi connectivity index (χ4n) is 1.99. The van der Waals surface area contributed by atoms with Gasteiger partial charge in [-0.3, -0.25) is 0 Å². The van der Waals surface area contributed by atoms with Crippen LogP contribution < -0.4 is 9.47 Å². The molecule has 1 heterocycles. The summed E-state index contributed by atoms with van der Waals surface area (Å²) in [6.07, 6.45) is 0. The van der Waals surface area contributed by atoms with Gasteiger partial charge in [-0.05, 0) is 0 Å². The van der Waals surface area contributed by atoms with Gasteiger partial charge in [-0.25, -0.2) is 9.97 Å². The quantitative estimate of drug-likeness (QED) is 0.668. The standard InChI is InChI=1S/C14H10Cl2N2O2/c1-19-7-3-9(15)13-11(5-7)17-14-10(16)4-8(20-2)6-12(14)18-13/h3-6H,1-2H3. The average Bonchev–Trinajstić information content (AvgIpc) is 2.45. The van der Waals surface area contributed by atoms with Crippen LogP contribution in [0.5, 0.6) is 11.5 Å². The van der Waals surface area contributed by atoms with E-state index in [0.29, 0.717) is 43.6 Å². The fraction of sp³-hybridized carbons (Fsp3) is 0.143. The molecule has 0 aliphatic rings. The third kappa shape index (κ3) is 2.11. The highest BCUT2D eigenvalue weighted by molar-refractivity contribution is 6.36. The van der Waals surface area contributed by atoms with Crippen LogP contribution in [0.1, 0.15) is 0 Å². The van der Waals surface area contributed by atoms with E-state index in [-0.39, 0.29) is 0 Å². The summed E-state index contributed by atoms with van der Waals surface area (Å²) >= 11 is 12.4. The van der Waals surface area contributed by atoms with E-state index in [4.69, 9.17) is 32.7 Å². The van der Waals surface area contributed by atoms with Crippen LogP contribution in [0.25, 0.3) is 22.1 Å². The van der Waals surface area contributed by atoms with Crippen molar-refractivity contribution in [1.82, 2.24) is 9.97 Å². The van der Waals surface area contributed by atoms with Crippen molar-refractivity contribution in [2.24, 2.45) is 0 Å². The van der Waals surface area contributed by atoms with Crippen molar-refractivity contribution in [2.45, 2.75) is 0 Å². The Bertz CT molecular complexity index is 752. The first-order valence-electron chi connectivity index (χ1n) is 5.81.